The van der Waals surface area contributed by atoms with Crippen LogP contribution in [-0.2, 0) is 0 Å². The maximum atomic E-state index is 9.92. The van der Waals surface area contributed by atoms with Crippen molar-refractivity contribution in [2.24, 2.45) is 0 Å². The summed E-state index contributed by atoms with van der Waals surface area (Å²) < 4.78 is 79.4. The van der Waals surface area contributed by atoms with Crippen molar-refractivity contribution in [3.63, 3.8) is 0 Å². The first-order chi connectivity index (χ1) is 14.6. The van der Waals surface area contributed by atoms with Gasteiger partial charge in [-0.2, -0.15) is 0 Å². The van der Waals surface area contributed by atoms with Gasteiger partial charge >= 0.3 is 38.4 Å². The average Bonchev–Trinajstić information content (AvgIpc) is 3.36. The average molecular weight is 635 g/mol. The summed E-state index contributed by atoms with van der Waals surface area (Å²) in [5.41, 5.74) is 7.86. The van der Waals surface area contributed by atoms with Crippen molar-refractivity contribution in [3.05, 3.63) is 71.3 Å². The number of aromatic amines is 2. The summed E-state index contributed by atoms with van der Waals surface area (Å²) >= 11 is -15.0. The van der Waals surface area contributed by atoms with Gasteiger partial charge in [0, 0.05) is 22.1 Å². The van der Waals surface area contributed by atoms with E-state index in [1.54, 1.807) is 0 Å². The van der Waals surface area contributed by atoms with Crippen LogP contribution in [0.25, 0.3) is 46.4 Å². The number of halogens is 8. The molecule has 5 heterocycles. The van der Waals surface area contributed by atoms with Gasteiger partial charge in [0.2, 0.25) is 0 Å². The second-order valence-corrected chi connectivity index (χ2v) is 13.8. The van der Waals surface area contributed by atoms with Crippen LogP contribution in [0.3, 0.4) is 0 Å². The molecular weight excluding hydrogens is 621 g/mol. The fraction of sp³-hybridized carbons (Fsp3) is 0. The number of fused-ring (bicyclic) bond motifs is 8. The number of H-pyrrole nitrogens is 2. The van der Waals surface area contributed by atoms with Crippen LogP contribution in [0, 0.1) is 35.9 Å². The summed E-state index contributed by atoms with van der Waals surface area (Å²) in [6, 6.07) is 16.4. The number of rotatable bonds is 0. The van der Waals surface area contributed by atoms with Crippen LogP contribution in [0.1, 0.15) is 22.8 Å². The number of hydrogen-bond acceptors (Lipinski definition) is 2. The monoisotopic (exact) mass is 636 g/mol. The van der Waals surface area contributed by atoms with E-state index in [1.807, 2.05) is 48.6 Å². The molecule has 0 unspecified atom stereocenters. The van der Waals surface area contributed by atoms with Gasteiger partial charge in [-0.3, -0.25) is 0 Å². The van der Waals surface area contributed by atoms with Gasteiger partial charge in [0.05, 0.1) is 22.8 Å². The molecule has 184 valence electrons. The molecule has 0 atom stereocenters. The van der Waals surface area contributed by atoms with Gasteiger partial charge in [0.15, 0.2) is 0 Å². The molecule has 0 amide bonds. The van der Waals surface area contributed by atoms with Crippen LogP contribution in [0.15, 0.2) is 48.5 Å². The zero-order chi connectivity index (χ0) is 24.3. The van der Waals surface area contributed by atoms with Gasteiger partial charge in [-0.15, -0.1) is 0 Å². The fourth-order valence-electron chi connectivity index (χ4n) is 2.94. The van der Waals surface area contributed by atoms with E-state index in [-0.39, 0.29) is 0 Å². The van der Waals surface area contributed by atoms with Crippen molar-refractivity contribution in [2.45, 2.75) is 0 Å². The fourth-order valence-corrected chi connectivity index (χ4v) is 2.94. The van der Waals surface area contributed by atoms with Gasteiger partial charge in [-0.1, -0.05) is 0 Å². The Hall–Kier alpha value is -2.44. The van der Waals surface area contributed by atoms with Gasteiger partial charge in [-0.05, 0) is 72.8 Å². The number of hydrogen-bond donors (Lipinski definition) is 2. The van der Waals surface area contributed by atoms with E-state index < -0.39 is 35.9 Å². The first kappa shape index (κ1) is 23.7. The van der Waals surface area contributed by atoms with E-state index in [0.717, 1.165) is 44.8 Å². The molecule has 0 saturated heterocycles. The van der Waals surface area contributed by atoms with E-state index in [2.05, 4.69) is 44.2 Å². The van der Waals surface area contributed by atoms with Gasteiger partial charge in [0.1, 0.15) is 0 Å². The summed E-state index contributed by atoms with van der Waals surface area (Å²) in [7, 11) is 0. The second-order valence-electron chi connectivity index (χ2n) is 6.97. The summed E-state index contributed by atoms with van der Waals surface area (Å²) in [4.78, 5) is 16.0. The molecule has 2 aliphatic rings. The molecule has 0 aromatic carbocycles. The molecule has 8 bridgehead atoms. The zero-order valence-electron chi connectivity index (χ0n) is 16.1. The zero-order valence-corrected chi connectivity index (χ0v) is 17.8. The first-order valence-electron chi connectivity index (χ1n) is 8.65. The number of nitrogens with one attached hydrogen (secondary N) is 2. The van der Waals surface area contributed by atoms with Crippen LogP contribution >= 0.6 is 0 Å². The molecule has 3 aromatic rings. The molecule has 2 N–H and O–H groups in total. The Balaban J connectivity index is 0.000000248. The van der Waals surface area contributed by atoms with Gasteiger partial charge in [0.25, 0.3) is 0 Å². The molecular formula is C20H14F8N4Yb. The Morgan fingerprint density at radius 3 is 0.879 bits per heavy atom. The molecule has 5 rings (SSSR count). The molecule has 2 aliphatic heterocycles. The number of nitrogens with zero attached hydrogens (tertiary/aromatic N) is 2. The Bertz CT molecular complexity index is 1340. The topological polar surface area (TPSA) is 57.4 Å². The summed E-state index contributed by atoms with van der Waals surface area (Å²) in [6.45, 7) is 0. The maximum absolute atomic E-state index is 15.0. The third-order valence-corrected chi connectivity index (χ3v) is 4.04. The predicted octanol–water partition coefficient (Wildman–Crippen LogP) is 8.02. The third-order valence-electron chi connectivity index (χ3n) is 4.04. The molecule has 0 saturated carbocycles. The summed E-state index contributed by atoms with van der Waals surface area (Å²) in [5, 5.41) is 0. The van der Waals surface area contributed by atoms with Crippen molar-refractivity contribution < 1.29 is 38.4 Å². The Morgan fingerprint density at radius 2 is 0.667 bits per heavy atom. The Morgan fingerprint density at radius 1 is 0.455 bits per heavy atom. The van der Waals surface area contributed by atoms with Crippen LogP contribution in [0.5, 0.6) is 0 Å². The minimum atomic E-state index is -15.0. The molecule has 0 fully saturated rings. The molecule has 0 radical (unpaired) electrons. The SMILES string of the molecule is C1=Cc2cc3ccc(cc4nc(cc5ccc(cc1n2)[nH]5)C=C4)[nH]3.[F][Yb]([F])([F])([F])([F])([F])([F])[F]. The standard InChI is InChI=1S/C20H14N4.8FH.Yb/c1-2-14-10-16-5-6-18(23-16)12-20-8-7-19(24-20)11-17-4-3-15(22-17)9-13(1)21-14;;;;;;;;;/h1-12,21,24H;8*1H;/q;;;;;;;;;+8/p-8. The van der Waals surface area contributed by atoms with Gasteiger partial charge < -0.3 is 9.97 Å². The molecule has 3 aromatic heterocycles. The molecule has 33 heavy (non-hydrogen) atoms. The molecule has 4 nitrogen and oxygen atoms in total. The van der Waals surface area contributed by atoms with Crippen molar-refractivity contribution in [1.29, 1.82) is 0 Å². The van der Waals surface area contributed by atoms with Crippen molar-refractivity contribution >= 4 is 46.4 Å². The predicted molar refractivity (Wildman–Crippen MR) is 108 cm³/mol. The van der Waals surface area contributed by atoms with E-state index in [1.165, 1.54) is 0 Å². The van der Waals surface area contributed by atoms with Crippen molar-refractivity contribution in [3.8, 4) is 0 Å². The van der Waals surface area contributed by atoms with Crippen LogP contribution in [-0.4, -0.2) is 19.9 Å². The first-order valence-corrected chi connectivity index (χ1v) is 13.8. The summed E-state index contributed by atoms with van der Waals surface area (Å²) in [6.07, 6.45) is 8.09. The van der Waals surface area contributed by atoms with Crippen molar-refractivity contribution in [2.75, 3.05) is 0 Å². The Labute approximate surface area is 174 Å². The second kappa shape index (κ2) is 5.61. The quantitative estimate of drug-likeness (QED) is 0.170. The van der Waals surface area contributed by atoms with Crippen LogP contribution in [0.4, 0.5) is 2.50 Å². The van der Waals surface area contributed by atoms with Crippen molar-refractivity contribution in [1.82, 2.24) is 19.9 Å². The van der Waals surface area contributed by atoms with Crippen LogP contribution in [0.2, 0.25) is 0 Å². The van der Waals surface area contributed by atoms with E-state index in [0.29, 0.717) is 0 Å². The van der Waals surface area contributed by atoms with E-state index in [9.17, 15) is 2.50 Å². The molecule has 13 heteroatoms. The van der Waals surface area contributed by atoms with E-state index in [4.69, 9.17) is 0 Å². The minimum absolute atomic E-state index is 0.939. The molecule has 0 aliphatic carbocycles. The third kappa shape index (κ3) is 9.14. The van der Waals surface area contributed by atoms with E-state index >= 15 is 0 Å². The Kier molecular flexibility index (Phi) is 4.03. The number of aromatic nitrogens is 4. The normalized spacial score (nSPS) is 17.7. The van der Waals surface area contributed by atoms with Gasteiger partial charge in [-0.25, -0.2) is 9.97 Å². The van der Waals surface area contributed by atoms with Crippen LogP contribution < -0.4 is 0 Å². The molecule has 0 spiro atoms. The summed E-state index contributed by atoms with van der Waals surface area (Å²) in [5.74, 6) is 0.